The number of amides is 1. The third-order valence-corrected chi connectivity index (χ3v) is 6.23. The van der Waals surface area contributed by atoms with E-state index in [1.165, 1.54) is 11.8 Å². The van der Waals surface area contributed by atoms with E-state index in [1.54, 1.807) is 13.1 Å². The molecule has 1 fully saturated rings. The molecule has 1 aromatic heterocycles. The predicted octanol–water partition coefficient (Wildman–Crippen LogP) is 1.63. The van der Waals surface area contributed by atoms with Crippen LogP contribution >= 0.6 is 27.7 Å². The average molecular weight is 379 g/mol. The van der Waals surface area contributed by atoms with E-state index >= 15 is 0 Å². The Morgan fingerprint density at radius 2 is 2.30 bits per heavy atom. The number of halogens is 1. The van der Waals surface area contributed by atoms with E-state index in [1.807, 2.05) is 12.1 Å². The minimum absolute atomic E-state index is 0.0483. The Bertz CT molecular complexity index is 589. The number of hydrogen-bond donors (Lipinski definition) is 1. The summed E-state index contributed by atoms with van der Waals surface area (Å²) in [6, 6.07) is 3.44. The number of carbonyl (C=O) groups is 1. The van der Waals surface area contributed by atoms with Crippen molar-refractivity contribution in [1.29, 1.82) is 0 Å². The molecule has 2 heterocycles. The molecule has 0 spiro atoms. The highest BCUT2D eigenvalue weighted by atomic mass is 79.9. The van der Waals surface area contributed by atoms with Gasteiger partial charge in [-0.2, -0.15) is 0 Å². The quantitative estimate of drug-likeness (QED) is 0.805. The molecule has 2 atom stereocenters. The minimum Gasteiger partial charge on any atom is -0.351 e. The van der Waals surface area contributed by atoms with Gasteiger partial charge in [0.15, 0.2) is 9.84 Å². The number of thioether (sulfide) groups is 1. The van der Waals surface area contributed by atoms with E-state index in [0.29, 0.717) is 6.42 Å². The summed E-state index contributed by atoms with van der Waals surface area (Å²) in [7, 11) is -2.97. The van der Waals surface area contributed by atoms with E-state index in [0.717, 1.165) is 9.50 Å². The van der Waals surface area contributed by atoms with Gasteiger partial charge < -0.3 is 5.32 Å². The molecule has 1 aliphatic heterocycles. The minimum atomic E-state index is -2.97. The number of sulfone groups is 1. The Hall–Kier alpha value is -0.600. The molecule has 2 rings (SSSR count). The number of nitrogens with zero attached hydrogens (tertiary/aromatic N) is 1. The second-order valence-electron chi connectivity index (χ2n) is 4.68. The number of carbonyl (C=O) groups excluding carboxylic acids is 1. The average Bonchev–Trinajstić information content (AvgIpc) is 2.71. The standard InChI is InChI=1S/C12H15BrN2O3S2/c1-8(19-11-3-2-9(13)6-14-11)12(16)15-10-4-5-20(17,18)7-10/h2-3,6,8,10H,4-5,7H2,1H3,(H,15,16). The lowest BCUT2D eigenvalue weighted by molar-refractivity contribution is -0.120. The molecule has 1 saturated heterocycles. The molecule has 1 aromatic rings. The lowest BCUT2D eigenvalue weighted by atomic mass is 10.2. The van der Waals surface area contributed by atoms with E-state index in [4.69, 9.17) is 0 Å². The van der Waals surface area contributed by atoms with Gasteiger partial charge in [0, 0.05) is 16.7 Å². The molecule has 0 aromatic carbocycles. The molecule has 20 heavy (non-hydrogen) atoms. The van der Waals surface area contributed by atoms with Crippen LogP contribution in [0.25, 0.3) is 0 Å². The van der Waals surface area contributed by atoms with Crippen LogP contribution in [0.1, 0.15) is 13.3 Å². The molecule has 1 aliphatic rings. The van der Waals surface area contributed by atoms with Gasteiger partial charge in [-0.25, -0.2) is 13.4 Å². The molecule has 0 saturated carbocycles. The predicted molar refractivity (Wildman–Crippen MR) is 82.5 cm³/mol. The van der Waals surface area contributed by atoms with Crippen LogP contribution in [0.3, 0.4) is 0 Å². The van der Waals surface area contributed by atoms with Gasteiger partial charge in [0.05, 0.1) is 21.8 Å². The highest BCUT2D eigenvalue weighted by Gasteiger charge is 2.30. The van der Waals surface area contributed by atoms with Gasteiger partial charge in [-0.05, 0) is 41.4 Å². The fourth-order valence-corrected chi connectivity index (χ4v) is 4.60. The fraction of sp³-hybridized carbons (Fsp3) is 0.500. The third-order valence-electron chi connectivity index (χ3n) is 2.95. The Morgan fingerprint density at radius 3 is 2.85 bits per heavy atom. The molecule has 1 amide bonds. The maximum Gasteiger partial charge on any atom is 0.233 e. The first-order valence-corrected chi connectivity index (χ1v) is 9.64. The lowest BCUT2D eigenvalue weighted by Crippen LogP contribution is -2.39. The maximum absolute atomic E-state index is 12.0. The molecular formula is C12H15BrN2O3S2. The van der Waals surface area contributed by atoms with Crippen molar-refractivity contribution in [2.45, 2.75) is 29.7 Å². The van der Waals surface area contributed by atoms with Crippen molar-refractivity contribution < 1.29 is 13.2 Å². The summed E-state index contributed by atoms with van der Waals surface area (Å²) in [5.74, 6) is 0.0576. The smallest absolute Gasteiger partial charge is 0.233 e. The van der Waals surface area contributed by atoms with Crippen LogP contribution in [0, 0.1) is 0 Å². The SMILES string of the molecule is CC(Sc1ccc(Br)cn1)C(=O)NC1CCS(=O)(=O)C1. The van der Waals surface area contributed by atoms with Gasteiger partial charge in [-0.1, -0.05) is 11.8 Å². The van der Waals surface area contributed by atoms with Crippen molar-refractivity contribution in [3.05, 3.63) is 22.8 Å². The largest absolute Gasteiger partial charge is 0.351 e. The van der Waals surface area contributed by atoms with Crippen molar-refractivity contribution in [3.8, 4) is 0 Å². The number of pyridine rings is 1. The van der Waals surface area contributed by atoms with Gasteiger partial charge >= 0.3 is 0 Å². The molecule has 0 aliphatic carbocycles. The van der Waals surface area contributed by atoms with E-state index in [-0.39, 0.29) is 28.7 Å². The number of rotatable bonds is 4. The Kier molecular flexibility index (Phi) is 5.09. The Morgan fingerprint density at radius 1 is 1.55 bits per heavy atom. The first-order chi connectivity index (χ1) is 9.35. The second-order valence-corrected chi connectivity index (χ2v) is 9.19. The van der Waals surface area contributed by atoms with Gasteiger partial charge in [0.1, 0.15) is 0 Å². The van der Waals surface area contributed by atoms with Crippen molar-refractivity contribution in [2.24, 2.45) is 0 Å². The summed E-state index contributed by atoms with van der Waals surface area (Å²) in [6.45, 7) is 1.78. The summed E-state index contributed by atoms with van der Waals surface area (Å²) in [6.07, 6.45) is 2.18. The summed E-state index contributed by atoms with van der Waals surface area (Å²) in [4.78, 5) is 16.2. The molecular weight excluding hydrogens is 364 g/mol. The number of hydrogen-bond acceptors (Lipinski definition) is 5. The number of nitrogens with one attached hydrogen (secondary N) is 1. The van der Waals surface area contributed by atoms with E-state index in [2.05, 4.69) is 26.2 Å². The lowest BCUT2D eigenvalue weighted by Gasteiger charge is -2.15. The molecule has 1 N–H and O–H groups in total. The molecule has 110 valence electrons. The zero-order chi connectivity index (χ0) is 14.8. The zero-order valence-corrected chi connectivity index (χ0v) is 14.1. The van der Waals surface area contributed by atoms with Crippen molar-refractivity contribution in [2.75, 3.05) is 11.5 Å². The van der Waals surface area contributed by atoms with E-state index in [9.17, 15) is 13.2 Å². The first-order valence-electron chi connectivity index (χ1n) is 6.15. The number of aromatic nitrogens is 1. The third kappa shape index (κ3) is 4.46. The van der Waals surface area contributed by atoms with Crippen LogP contribution in [0.4, 0.5) is 0 Å². The monoisotopic (exact) mass is 378 g/mol. The topological polar surface area (TPSA) is 76.1 Å². The van der Waals surface area contributed by atoms with Gasteiger partial charge in [0.25, 0.3) is 0 Å². The maximum atomic E-state index is 12.0. The van der Waals surface area contributed by atoms with Crippen molar-refractivity contribution in [3.63, 3.8) is 0 Å². The summed E-state index contributed by atoms with van der Waals surface area (Å²) >= 11 is 4.65. The van der Waals surface area contributed by atoms with Crippen LogP contribution in [0.15, 0.2) is 27.8 Å². The van der Waals surface area contributed by atoms with Crippen LogP contribution < -0.4 is 5.32 Å². The molecule has 0 radical (unpaired) electrons. The van der Waals surface area contributed by atoms with Crippen LogP contribution in [-0.2, 0) is 14.6 Å². The summed E-state index contributed by atoms with van der Waals surface area (Å²) in [5, 5.41) is 3.24. The fourth-order valence-electron chi connectivity index (χ4n) is 1.89. The summed E-state index contributed by atoms with van der Waals surface area (Å²) < 4.78 is 23.6. The van der Waals surface area contributed by atoms with Crippen LogP contribution in [-0.4, -0.2) is 42.1 Å². The molecule has 2 unspecified atom stereocenters. The first kappa shape index (κ1) is 15.8. The normalized spacial score (nSPS) is 22.4. The Labute approximate surface area is 131 Å². The van der Waals surface area contributed by atoms with E-state index < -0.39 is 9.84 Å². The molecule has 8 heteroatoms. The zero-order valence-electron chi connectivity index (χ0n) is 10.9. The van der Waals surface area contributed by atoms with Crippen molar-refractivity contribution in [1.82, 2.24) is 10.3 Å². The molecule has 0 bridgehead atoms. The Balaban J connectivity index is 1.88. The van der Waals surface area contributed by atoms with Crippen LogP contribution in [0.5, 0.6) is 0 Å². The van der Waals surface area contributed by atoms with Gasteiger partial charge in [0.2, 0.25) is 5.91 Å². The van der Waals surface area contributed by atoms with Gasteiger partial charge in [-0.15, -0.1) is 0 Å². The highest BCUT2D eigenvalue weighted by molar-refractivity contribution is 9.10. The van der Waals surface area contributed by atoms with Crippen LogP contribution in [0.2, 0.25) is 0 Å². The van der Waals surface area contributed by atoms with Crippen molar-refractivity contribution >= 4 is 43.4 Å². The summed E-state index contributed by atoms with van der Waals surface area (Å²) in [5.41, 5.74) is 0. The van der Waals surface area contributed by atoms with Gasteiger partial charge in [-0.3, -0.25) is 4.79 Å². The highest BCUT2D eigenvalue weighted by Crippen LogP contribution is 2.23. The molecule has 5 nitrogen and oxygen atoms in total. The second kappa shape index (κ2) is 6.44.